The predicted molar refractivity (Wildman–Crippen MR) is 116 cm³/mol. The van der Waals surface area contributed by atoms with Gasteiger partial charge in [-0.15, -0.1) is 0 Å². The number of hydrogen-bond donors (Lipinski definition) is 0. The molecule has 0 bridgehead atoms. The summed E-state index contributed by atoms with van der Waals surface area (Å²) in [6, 6.07) is 15.7. The number of rotatable bonds is 4. The zero-order chi connectivity index (χ0) is 21.3. The molecule has 0 spiro atoms. The monoisotopic (exact) mass is 398 g/mol. The van der Waals surface area contributed by atoms with E-state index >= 15 is 0 Å². The van der Waals surface area contributed by atoms with Crippen molar-refractivity contribution in [2.24, 2.45) is 0 Å². The van der Waals surface area contributed by atoms with E-state index in [0.29, 0.717) is 22.8 Å². The molecule has 0 aliphatic carbocycles. The molecule has 30 heavy (non-hydrogen) atoms. The second kappa shape index (κ2) is 7.91. The molecule has 2 aromatic heterocycles. The maximum Gasteiger partial charge on any atom is 0.248 e. The summed E-state index contributed by atoms with van der Waals surface area (Å²) in [6.45, 7) is 7.49. The standard InChI is InChI=1S/C24H22N4O2/c1-15-6-5-7-19(12-15)23-22(20-10-11-25-14-26-20)24(30-27-23)28(18(4)29)21-13-16(2)8-9-17(21)3/h5-14H,1-4H3. The van der Waals surface area contributed by atoms with Crippen LogP contribution >= 0.6 is 0 Å². The number of aryl methyl sites for hydroxylation is 3. The Morgan fingerprint density at radius 2 is 1.80 bits per heavy atom. The molecule has 0 radical (unpaired) electrons. The molecule has 4 aromatic rings. The fourth-order valence-electron chi connectivity index (χ4n) is 3.48. The van der Waals surface area contributed by atoms with E-state index in [1.807, 2.05) is 63.2 Å². The molecule has 0 saturated heterocycles. The summed E-state index contributed by atoms with van der Waals surface area (Å²) in [7, 11) is 0. The number of amides is 1. The molecule has 2 aromatic carbocycles. The van der Waals surface area contributed by atoms with Crippen molar-refractivity contribution in [3.63, 3.8) is 0 Å². The quantitative estimate of drug-likeness (QED) is 0.460. The van der Waals surface area contributed by atoms with Crippen molar-refractivity contribution in [3.8, 4) is 22.5 Å². The number of hydrogen-bond acceptors (Lipinski definition) is 5. The van der Waals surface area contributed by atoms with Crippen molar-refractivity contribution >= 4 is 17.5 Å². The molecular weight excluding hydrogens is 376 g/mol. The summed E-state index contributed by atoms with van der Waals surface area (Å²) in [5.74, 6) is 0.164. The van der Waals surface area contributed by atoms with Crippen molar-refractivity contribution in [1.82, 2.24) is 15.1 Å². The Morgan fingerprint density at radius 3 is 2.50 bits per heavy atom. The van der Waals surface area contributed by atoms with Gasteiger partial charge in [0.25, 0.3) is 0 Å². The highest BCUT2D eigenvalue weighted by molar-refractivity contribution is 6.03. The number of benzene rings is 2. The van der Waals surface area contributed by atoms with Crippen molar-refractivity contribution in [2.45, 2.75) is 27.7 Å². The first kappa shape index (κ1) is 19.5. The summed E-state index contributed by atoms with van der Waals surface area (Å²) < 4.78 is 5.81. The lowest BCUT2D eigenvalue weighted by Gasteiger charge is -2.21. The van der Waals surface area contributed by atoms with Gasteiger partial charge < -0.3 is 4.52 Å². The summed E-state index contributed by atoms with van der Waals surface area (Å²) in [5, 5.41) is 4.36. The van der Waals surface area contributed by atoms with Crippen LogP contribution in [0.3, 0.4) is 0 Å². The van der Waals surface area contributed by atoms with Gasteiger partial charge >= 0.3 is 0 Å². The van der Waals surface area contributed by atoms with Crippen molar-refractivity contribution in [2.75, 3.05) is 4.90 Å². The fourth-order valence-corrected chi connectivity index (χ4v) is 3.48. The highest BCUT2D eigenvalue weighted by Crippen LogP contribution is 2.42. The van der Waals surface area contributed by atoms with Gasteiger partial charge in [0.2, 0.25) is 11.8 Å². The van der Waals surface area contributed by atoms with E-state index in [1.165, 1.54) is 13.3 Å². The first-order chi connectivity index (χ1) is 14.5. The molecule has 0 fully saturated rings. The van der Waals surface area contributed by atoms with Gasteiger partial charge in [0, 0.05) is 18.7 Å². The molecular formula is C24H22N4O2. The van der Waals surface area contributed by atoms with Crippen LogP contribution in [0.4, 0.5) is 11.6 Å². The van der Waals surface area contributed by atoms with Crippen LogP contribution in [0.5, 0.6) is 0 Å². The first-order valence-electron chi connectivity index (χ1n) is 9.66. The van der Waals surface area contributed by atoms with Crippen LogP contribution in [0.25, 0.3) is 22.5 Å². The van der Waals surface area contributed by atoms with Crippen molar-refractivity contribution in [1.29, 1.82) is 0 Å². The molecule has 150 valence electrons. The topological polar surface area (TPSA) is 72.1 Å². The summed E-state index contributed by atoms with van der Waals surface area (Å²) in [6.07, 6.45) is 3.14. The van der Waals surface area contributed by atoms with Crippen molar-refractivity contribution < 1.29 is 9.32 Å². The van der Waals surface area contributed by atoms with Gasteiger partial charge in [-0.2, -0.15) is 0 Å². The third-order valence-corrected chi connectivity index (χ3v) is 4.93. The third kappa shape index (κ3) is 3.59. The Balaban J connectivity index is 1.99. The largest absolute Gasteiger partial charge is 0.336 e. The van der Waals surface area contributed by atoms with E-state index < -0.39 is 0 Å². The highest BCUT2D eigenvalue weighted by Gasteiger charge is 2.29. The minimum absolute atomic E-state index is 0.175. The lowest BCUT2D eigenvalue weighted by Crippen LogP contribution is -2.24. The zero-order valence-corrected chi connectivity index (χ0v) is 17.4. The minimum atomic E-state index is -0.175. The Hall–Kier alpha value is -3.80. The van der Waals surface area contributed by atoms with Crippen LogP contribution < -0.4 is 4.90 Å². The maximum absolute atomic E-state index is 12.8. The second-order valence-corrected chi connectivity index (χ2v) is 7.32. The molecule has 0 saturated carbocycles. The van der Waals surface area contributed by atoms with E-state index in [9.17, 15) is 4.79 Å². The molecule has 0 aliphatic heterocycles. The number of anilines is 2. The van der Waals surface area contributed by atoms with Gasteiger partial charge in [-0.1, -0.05) is 41.1 Å². The lowest BCUT2D eigenvalue weighted by molar-refractivity contribution is -0.116. The summed E-state index contributed by atoms with van der Waals surface area (Å²) in [5.41, 5.74) is 6.66. The molecule has 6 nitrogen and oxygen atoms in total. The molecule has 0 unspecified atom stereocenters. The Bertz CT molecular complexity index is 1220. The van der Waals surface area contributed by atoms with E-state index in [4.69, 9.17) is 4.52 Å². The van der Waals surface area contributed by atoms with Crippen LogP contribution in [-0.4, -0.2) is 21.0 Å². The van der Waals surface area contributed by atoms with E-state index in [-0.39, 0.29) is 5.91 Å². The van der Waals surface area contributed by atoms with Crippen LogP contribution in [-0.2, 0) is 4.79 Å². The molecule has 0 atom stereocenters. The zero-order valence-electron chi connectivity index (χ0n) is 17.4. The van der Waals surface area contributed by atoms with Gasteiger partial charge in [0.05, 0.1) is 16.9 Å². The molecule has 0 aliphatic rings. The Kier molecular flexibility index (Phi) is 5.14. The SMILES string of the molecule is CC(=O)N(c1cc(C)ccc1C)c1onc(-c2cccc(C)c2)c1-c1ccncn1. The van der Waals surface area contributed by atoms with E-state index in [0.717, 1.165) is 27.9 Å². The minimum Gasteiger partial charge on any atom is -0.336 e. The highest BCUT2D eigenvalue weighted by atomic mass is 16.5. The number of aromatic nitrogens is 3. The second-order valence-electron chi connectivity index (χ2n) is 7.32. The summed E-state index contributed by atoms with van der Waals surface area (Å²) >= 11 is 0. The van der Waals surface area contributed by atoms with Crippen LogP contribution in [0.2, 0.25) is 0 Å². The number of carbonyl (C=O) groups is 1. The van der Waals surface area contributed by atoms with E-state index in [1.54, 1.807) is 17.2 Å². The Labute approximate surface area is 175 Å². The number of nitrogens with zero attached hydrogens (tertiary/aromatic N) is 4. The summed E-state index contributed by atoms with van der Waals surface area (Å²) in [4.78, 5) is 22.8. The average Bonchev–Trinajstić information content (AvgIpc) is 3.16. The molecule has 1 amide bonds. The molecule has 2 heterocycles. The maximum atomic E-state index is 12.8. The average molecular weight is 398 g/mol. The predicted octanol–water partition coefficient (Wildman–Crippen LogP) is 5.41. The normalized spacial score (nSPS) is 10.8. The third-order valence-electron chi connectivity index (χ3n) is 4.93. The van der Waals surface area contributed by atoms with E-state index in [2.05, 4.69) is 15.1 Å². The van der Waals surface area contributed by atoms with Gasteiger partial charge in [0.15, 0.2) is 0 Å². The molecule has 4 rings (SSSR count). The Morgan fingerprint density at radius 1 is 1.00 bits per heavy atom. The van der Waals surface area contributed by atoms with Crippen LogP contribution in [0.15, 0.2) is 65.6 Å². The van der Waals surface area contributed by atoms with Gasteiger partial charge in [-0.3, -0.25) is 4.79 Å². The van der Waals surface area contributed by atoms with Gasteiger partial charge in [-0.05, 0) is 50.1 Å². The fraction of sp³-hybridized carbons (Fsp3) is 0.167. The smallest absolute Gasteiger partial charge is 0.248 e. The van der Waals surface area contributed by atoms with Gasteiger partial charge in [0.1, 0.15) is 12.0 Å². The molecule has 0 N–H and O–H groups in total. The van der Waals surface area contributed by atoms with Crippen LogP contribution in [0, 0.1) is 20.8 Å². The van der Waals surface area contributed by atoms with Crippen LogP contribution in [0.1, 0.15) is 23.6 Å². The van der Waals surface area contributed by atoms with Gasteiger partial charge in [-0.25, -0.2) is 14.9 Å². The lowest BCUT2D eigenvalue weighted by atomic mass is 10.0. The first-order valence-corrected chi connectivity index (χ1v) is 9.66. The van der Waals surface area contributed by atoms with Crippen molar-refractivity contribution in [3.05, 3.63) is 77.7 Å². The number of carbonyl (C=O) groups excluding carboxylic acids is 1. The molecule has 6 heteroatoms.